The molecule has 2 N–H and O–H groups in total. The number of carbonyl (C=O) groups is 1. The molecule has 1 aliphatic rings. The van der Waals surface area contributed by atoms with Crippen LogP contribution in [0.25, 0.3) is 0 Å². The first kappa shape index (κ1) is 12.9. The zero-order chi connectivity index (χ0) is 13.3. The maximum Gasteiger partial charge on any atom is 0.336 e. The van der Waals surface area contributed by atoms with Crippen LogP contribution >= 0.6 is 0 Å². The van der Waals surface area contributed by atoms with Gasteiger partial charge in [-0.1, -0.05) is 6.07 Å². The number of benzene rings is 1. The lowest BCUT2D eigenvalue weighted by atomic mass is 9.95. The molecule has 0 atom stereocenters. The van der Waals surface area contributed by atoms with Crippen molar-refractivity contribution in [2.45, 2.75) is 32.3 Å². The molecule has 2 rings (SSSR count). The van der Waals surface area contributed by atoms with Crippen LogP contribution in [0.2, 0.25) is 0 Å². The van der Waals surface area contributed by atoms with Crippen molar-refractivity contribution in [3.63, 3.8) is 0 Å². The molecule has 0 aromatic heterocycles. The first-order chi connectivity index (χ1) is 8.38. The Morgan fingerprint density at radius 3 is 2.78 bits per heavy atom. The molecule has 1 aliphatic heterocycles. The van der Waals surface area contributed by atoms with Gasteiger partial charge in [0.15, 0.2) is 0 Å². The molecule has 4 nitrogen and oxygen atoms in total. The summed E-state index contributed by atoms with van der Waals surface area (Å²) in [6.45, 7) is 4.91. The summed E-state index contributed by atoms with van der Waals surface area (Å²) in [5.41, 5.74) is 1.44. The van der Waals surface area contributed by atoms with Crippen molar-refractivity contribution in [1.82, 2.24) is 0 Å². The Morgan fingerprint density at radius 2 is 2.17 bits per heavy atom. The number of carboxylic acid groups (broad SMARTS) is 1. The van der Waals surface area contributed by atoms with E-state index in [-0.39, 0.29) is 0 Å². The van der Waals surface area contributed by atoms with Crippen LogP contribution in [-0.4, -0.2) is 34.9 Å². The van der Waals surface area contributed by atoms with Crippen LogP contribution in [0.4, 0.5) is 5.69 Å². The predicted molar refractivity (Wildman–Crippen MR) is 70.2 cm³/mol. The third-order valence-corrected chi connectivity index (χ3v) is 3.15. The highest BCUT2D eigenvalue weighted by molar-refractivity contribution is 5.91. The van der Waals surface area contributed by atoms with E-state index in [4.69, 9.17) is 0 Å². The quantitative estimate of drug-likeness (QED) is 0.859. The van der Waals surface area contributed by atoms with Crippen LogP contribution in [0.15, 0.2) is 18.2 Å². The Labute approximate surface area is 107 Å². The number of hydrogen-bond acceptors (Lipinski definition) is 3. The fourth-order valence-electron chi connectivity index (χ4n) is 2.53. The molecule has 0 bridgehead atoms. The van der Waals surface area contributed by atoms with E-state index in [1.165, 1.54) is 0 Å². The monoisotopic (exact) mass is 249 g/mol. The van der Waals surface area contributed by atoms with Crippen LogP contribution in [-0.2, 0) is 6.42 Å². The van der Waals surface area contributed by atoms with Gasteiger partial charge in [0, 0.05) is 18.8 Å². The molecule has 0 spiro atoms. The molecule has 0 amide bonds. The summed E-state index contributed by atoms with van der Waals surface area (Å²) in [6, 6.07) is 5.35. The summed E-state index contributed by atoms with van der Waals surface area (Å²) in [5, 5.41) is 19.1. The molecule has 1 heterocycles. The van der Waals surface area contributed by atoms with Gasteiger partial charge in [-0.3, -0.25) is 0 Å². The summed E-state index contributed by atoms with van der Waals surface area (Å²) >= 11 is 0. The van der Waals surface area contributed by atoms with Gasteiger partial charge in [-0.2, -0.15) is 0 Å². The molecule has 1 aromatic carbocycles. The lowest BCUT2D eigenvalue weighted by Crippen LogP contribution is -2.41. The minimum atomic E-state index is -0.878. The maximum atomic E-state index is 11.2. The van der Waals surface area contributed by atoms with E-state index in [1.807, 2.05) is 6.07 Å². The van der Waals surface area contributed by atoms with Gasteiger partial charge in [-0.05, 0) is 44.4 Å². The topological polar surface area (TPSA) is 60.8 Å². The Morgan fingerprint density at radius 1 is 1.44 bits per heavy atom. The maximum absolute atomic E-state index is 11.2. The average Bonchev–Trinajstić information content (AvgIpc) is 2.26. The molecular weight excluding hydrogens is 230 g/mol. The van der Waals surface area contributed by atoms with Gasteiger partial charge in [-0.25, -0.2) is 4.79 Å². The van der Waals surface area contributed by atoms with Crippen LogP contribution in [0.1, 0.15) is 36.2 Å². The number of anilines is 1. The fourth-order valence-corrected chi connectivity index (χ4v) is 2.53. The van der Waals surface area contributed by atoms with Crippen molar-refractivity contribution >= 4 is 11.7 Å². The van der Waals surface area contributed by atoms with E-state index in [2.05, 4.69) is 4.90 Å². The molecular formula is C14H19NO3. The molecule has 0 saturated carbocycles. The number of hydrogen-bond donors (Lipinski definition) is 2. The van der Waals surface area contributed by atoms with Crippen LogP contribution in [0, 0.1) is 0 Å². The molecule has 0 unspecified atom stereocenters. The summed E-state index contributed by atoms with van der Waals surface area (Å²) in [5.74, 6) is -0.878. The molecule has 0 fully saturated rings. The van der Waals surface area contributed by atoms with Crippen LogP contribution < -0.4 is 4.90 Å². The zero-order valence-corrected chi connectivity index (χ0v) is 10.8. The lowest BCUT2D eigenvalue weighted by Gasteiger charge is -2.35. The van der Waals surface area contributed by atoms with Crippen molar-refractivity contribution in [2.75, 3.05) is 18.0 Å². The minimum absolute atomic E-state index is 0.382. The standard InChI is InChI=1S/C14H19NO3/c1-14(2,18)9-15-8-4-6-10-11(13(16)17)5-3-7-12(10)15/h3,5,7,18H,4,6,8-9H2,1-2H3,(H,16,17). The number of nitrogens with zero attached hydrogens (tertiary/aromatic N) is 1. The van der Waals surface area contributed by atoms with Crippen molar-refractivity contribution in [3.8, 4) is 0 Å². The summed E-state index contributed by atoms with van der Waals surface area (Å²) < 4.78 is 0. The number of rotatable bonds is 3. The highest BCUT2D eigenvalue weighted by atomic mass is 16.4. The first-order valence-electron chi connectivity index (χ1n) is 6.21. The van der Waals surface area contributed by atoms with Gasteiger partial charge < -0.3 is 15.1 Å². The van der Waals surface area contributed by atoms with E-state index in [0.717, 1.165) is 30.6 Å². The van der Waals surface area contributed by atoms with E-state index in [1.54, 1.807) is 26.0 Å². The fraction of sp³-hybridized carbons (Fsp3) is 0.500. The van der Waals surface area contributed by atoms with E-state index < -0.39 is 11.6 Å². The first-order valence-corrected chi connectivity index (χ1v) is 6.21. The summed E-state index contributed by atoms with van der Waals surface area (Å²) in [4.78, 5) is 13.3. The van der Waals surface area contributed by atoms with Crippen molar-refractivity contribution in [2.24, 2.45) is 0 Å². The van der Waals surface area contributed by atoms with Gasteiger partial charge in [0.05, 0.1) is 11.2 Å². The SMILES string of the molecule is CC(C)(O)CN1CCCc2c(C(=O)O)cccc21. The van der Waals surface area contributed by atoms with Gasteiger partial charge >= 0.3 is 5.97 Å². The molecule has 18 heavy (non-hydrogen) atoms. The second-order valence-electron chi connectivity index (χ2n) is 5.45. The molecule has 1 aromatic rings. The van der Waals surface area contributed by atoms with Crippen molar-refractivity contribution < 1.29 is 15.0 Å². The lowest BCUT2D eigenvalue weighted by molar-refractivity contribution is 0.0695. The third kappa shape index (κ3) is 2.64. The largest absolute Gasteiger partial charge is 0.478 e. The minimum Gasteiger partial charge on any atom is -0.478 e. The zero-order valence-electron chi connectivity index (χ0n) is 10.8. The molecule has 98 valence electrons. The number of aromatic carboxylic acids is 1. The Bertz CT molecular complexity index is 463. The van der Waals surface area contributed by atoms with Crippen molar-refractivity contribution in [1.29, 1.82) is 0 Å². The van der Waals surface area contributed by atoms with Crippen molar-refractivity contribution in [3.05, 3.63) is 29.3 Å². The van der Waals surface area contributed by atoms with Gasteiger partial charge in [0.25, 0.3) is 0 Å². The van der Waals surface area contributed by atoms with Gasteiger partial charge in [-0.15, -0.1) is 0 Å². The second kappa shape index (κ2) is 4.61. The van der Waals surface area contributed by atoms with Gasteiger partial charge in [0.1, 0.15) is 0 Å². The molecule has 0 aliphatic carbocycles. The molecule has 0 radical (unpaired) electrons. The third-order valence-electron chi connectivity index (χ3n) is 3.15. The van der Waals surface area contributed by atoms with Crippen LogP contribution in [0.3, 0.4) is 0 Å². The number of aliphatic hydroxyl groups is 1. The Kier molecular flexibility index (Phi) is 3.30. The van der Waals surface area contributed by atoms with E-state index in [0.29, 0.717) is 12.1 Å². The highest BCUT2D eigenvalue weighted by Gasteiger charge is 2.25. The number of β-amino-alcohol motifs (C(OH)–C–C–N with tert-alkyl or cyclic N) is 1. The van der Waals surface area contributed by atoms with E-state index in [9.17, 15) is 15.0 Å². The number of carboxylic acids is 1. The van der Waals surface area contributed by atoms with Gasteiger partial charge in [0.2, 0.25) is 0 Å². The number of fused-ring (bicyclic) bond motifs is 1. The Balaban J connectivity index is 2.38. The van der Waals surface area contributed by atoms with E-state index >= 15 is 0 Å². The molecule has 4 heteroatoms. The second-order valence-corrected chi connectivity index (χ2v) is 5.45. The smallest absolute Gasteiger partial charge is 0.336 e. The van der Waals surface area contributed by atoms with Crippen LogP contribution in [0.5, 0.6) is 0 Å². The summed E-state index contributed by atoms with van der Waals surface area (Å²) in [6.07, 6.45) is 1.72. The predicted octanol–water partition coefficient (Wildman–Crippen LogP) is 1.91. The normalized spacial score (nSPS) is 15.4. The Hall–Kier alpha value is -1.55. The summed E-state index contributed by atoms with van der Waals surface area (Å²) in [7, 11) is 0. The highest BCUT2D eigenvalue weighted by Crippen LogP contribution is 2.30. The average molecular weight is 249 g/mol. The molecule has 0 saturated heterocycles.